The maximum atomic E-state index is 2.89. The highest BCUT2D eigenvalue weighted by Crippen LogP contribution is 2.71. The van der Waals surface area contributed by atoms with E-state index in [-0.39, 0.29) is 0 Å². The Bertz CT molecular complexity index is 773. The van der Waals surface area contributed by atoms with E-state index in [0.717, 1.165) is 45.8 Å². The van der Waals surface area contributed by atoms with Gasteiger partial charge in [-0.1, -0.05) is 101 Å². The minimum Gasteiger partial charge on any atom is -0.0809 e. The first-order chi connectivity index (χ1) is 13.9. The van der Waals surface area contributed by atoms with Gasteiger partial charge >= 0.3 is 0 Å². The van der Waals surface area contributed by atoms with Gasteiger partial charge < -0.3 is 0 Å². The van der Waals surface area contributed by atoms with Crippen LogP contribution in [0.5, 0.6) is 0 Å². The van der Waals surface area contributed by atoms with Crippen LogP contribution in [-0.4, -0.2) is 30.4 Å². The van der Waals surface area contributed by atoms with Crippen molar-refractivity contribution in [3.63, 3.8) is 0 Å². The number of rotatable bonds is 0. The predicted octanol–water partition coefficient (Wildman–Crippen LogP) is 8.00. The molecule has 0 bridgehead atoms. The lowest BCUT2D eigenvalue weighted by atomic mass is 9.92. The minimum atomic E-state index is -1.38. The van der Waals surface area contributed by atoms with Gasteiger partial charge in [-0.15, -0.1) is 0 Å². The van der Waals surface area contributed by atoms with E-state index >= 15 is 0 Å². The Balaban J connectivity index is 1.71. The first-order valence-electron chi connectivity index (χ1n) is 12.6. The topological polar surface area (TPSA) is 0 Å². The third-order valence-corrected chi connectivity index (χ3v) is 53.5. The molecule has 4 aliphatic carbocycles. The van der Waals surface area contributed by atoms with Crippen molar-refractivity contribution in [2.24, 2.45) is 23.7 Å². The molecule has 30 heavy (non-hydrogen) atoms. The average Bonchev–Trinajstić information content (AvgIpc) is 3.27. The van der Waals surface area contributed by atoms with E-state index in [0.29, 0.717) is 0 Å². The smallest absolute Gasteiger partial charge is 0.0452 e. The molecule has 0 aromatic carbocycles. The molecule has 164 valence electrons. The normalized spacial score (nSPS) is 48.3. The van der Waals surface area contributed by atoms with Gasteiger partial charge in [-0.25, -0.2) is 0 Å². The van der Waals surface area contributed by atoms with Crippen molar-refractivity contribution < 1.29 is 0 Å². The summed E-state index contributed by atoms with van der Waals surface area (Å²) < 4.78 is 0. The van der Waals surface area contributed by atoms with Gasteiger partial charge in [0.1, 0.15) is 0 Å². The monoisotopic (exact) mass is 468 g/mol. The second-order valence-electron chi connectivity index (χ2n) is 13.6. The molecular formula is C26H44Si4. The highest BCUT2D eigenvalue weighted by atomic mass is 29.3. The fourth-order valence-corrected chi connectivity index (χ4v) is 43.8. The van der Waals surface area contributed by atoms with E-state index in [1.807, 2.05) is 0 Å². The van der Waals surface area contributed by atoms with Crippen molar-refractivity contribution in [3.8, 4) is 0 Å². The largest absolute Gasteiger partial charge is 0.0809 e. The Kier molecular flexibility index (Phi) is 4.82. The molecule has 0 radical (unpaired) electrons. The summed E-state index contributed by atoms with van der Waals surface area (Å²) in [5.74, 6) is 3.43. The molecule has 1 aliphatic heterocycles. The Morgan fingerprint density at radius 2 is 0.800 bits per heavy atom. The summed E-state index contributed by atoms with van der Waals surface area (Å²) in [6.45, 7) is 23.1. The zero-order chi connectivity index (χ0) is 21.7. The zero-order valence-electron chi connectivity index (χ0n) is 20.7. The van der Waals surface area contributed by atoms with Crippen LogP contribution >= 0.6 is 0 Å². The van der Waals surface area contributed by atoms with E-state index in [9.17, 15) is 0 Å². The van der Waals surface area contributed by atoms with Crippen LogP contribution in [0.2, 0.25) is 74.5 Å². The molecule has 4 heteroatoms. The van der Waals surface area contributed by atoms with Crippen LogP contribution in [0.25, 0.3) is 0 Å². The van der Waals surface area contributed by atoms with Crippen molar-refractivity contribution in [1.82, 2.24) is 0 Å². The Hall–Kier alpha value is -0.172. The fraction of sp³-hybridized carbons (Fsp3) is 0.692. The van der Waals surface area contributed by atoms with Gasteiger partial charge in [0.05, 0.1) is 0 Å². The van der Waals surface area contributed by atoms with Gasteiger partial charge in [0, 0.05) is 30.4 Å². The summed E-state index contributed by atoms with van der Waals surface area (Å²) in [5, 5.41) is 0. The van der Waals surface area contributed by atoms with Crippen molar-refractivity contribution in [2.75, 3.05) is 0 Å². The summed E-state index contributed by atoms with van der Waals surface area (Å²) in [6, 6.07) is 0. The Morgan fingerprint density at radius 1 is 0.467 bits per heavy atom. The Morgan fingerprint density at radius 3 is 1.17 bits per heavy atom. The molecule has 1 heterocycles. The van der Waals surface area contributed by atoms with Crippen LogP contribution in [0.15, 0.2) is 48.6 Å². The molecule has 0 spiro atoms. The maximum absolute atomic E-state index is 2.89. The molecule has 0 nitrogen and oxygen atoms in total. The van der Waals surface area contributed by atoms with Crippen molar-refractivity contribution >= 4 is 30.4 Å². The fourth-order valence-electron chi connectivity index (χ4n) is 9.27. The molecule has 3 fully saturated rings. The lowest BCUT2D eigenvalue weighted by Crippen LogP contribution is -2.71. The molecule has 8 atom stereocenters. The summed E-state index contributed by atoms with van der Waals surface area (Å²) in [6.07, 6.45) is 23.2. The van der Waals surface area contributed by atoms with Crippen LogP contribution < -0.4 is 0 Å². The molecular weight excluding hydrogens is 425 g/mol. The van der Waals surface area contributed by atoms with Crippen LogP contribution in [0, 0.1) is 23.7 Å². The second-order valence-corrected chi connectivity index (χ2v) is 45.7. The van der Waals surface area contributed by atoms with E-state index in [4.69, 9.17) is 0 Å². The SMILES string of the molecule is C[Si]1(C)C2CC3C=CC=CC3C2[Si](C)(C)[Si](C)(C)C2CC3C=CC=CC3C2[Si]1(C)C. The molecule has 0 amide bonds. The van der Waals surface area contributed by atoms with Crippen molar-refractivity contribution in [2.45, 2.75) is 87.4 Å². The van der Waals surface area contributed by atoms with Gasteiger partial charge in [-0.3, -0.25) is 0 Å². The van der Waals surface area contributed by atoms with Gasteiger partial charge in [0.15, 0.2) is 0 Å². The Labute approximate surface area is 189 Å². The van der Waals surface area contributed by atoms with Crippen LogP contribution in [-0.2, 0) is 0 Å². The zero-order valence-corrected chi connectivity index (χ0v) is 24.7. The number of hydrogen-bond donors (Lipinski definition) is 0. The maximum Gasteiger partial charge on any atom is 0.0452 e. The lowest BCUT2D eigenvalue weighted by Gasteiger charge is -2.61. The number of allylic oxidation sites excluding steroid dienone is 8. The van der Waals surface area contributed by atoms with Crippen molar-refractivity contribution in [3.05, 3.63) is 48.6 Å². The average molecular weight is 469 g/mol. The molecule has 1 saturated heterocycles. The quantitative estimate of drug-likeness (QED) is 0.316. The van der Waals surface area contributed by atoms with Gasteiger partial charge in [-0.05, 0) is 58.7 Å². The van der Waals surface area contributed by atoms with Crippen LogP contribution in [0.3, 0.4) is 0 Å². The van der Waals surface area contributed by atoms with Crippen LogP contribution in [0.4, 0.5) is 0 Å². The molecule has 2 saturated carbocycles. The third kappa shape index (κ3) is 2.60. The van der Waals surface area contributed by atoms with Gasteiger partial charge in [-0.2, -0.15) is 0 Å². The van der Waals surface area contributed by atoms with E-state index in [1.54, 1.807) is 0 Å². The summed E-state index contributed by atoms with van der Waals surface area (Å²) in [4.78, 5) is 0. The molecule has 0 N–H and O–H groups in total. The minimum absolute atomic E-state index is 0.848. The number of hydrogen-bond acceptors (Lipinski definition) is 0. The third-order valence-electron chi connectivity index (χ3n) is 12.2. The lowest BCUT2D eigenvalue weighted by molar-refractivity contribution is 0.545. The summed E-state index contributed by atoms with van der Waals surface area (Å²) in [5.41, 5.74) is 4.23. The molecule has 5 rings (SSSR count). The molecule has 0 aromatic rings. The van der Waals surface area contributed by atoms with Gasteiger partial charge in [0.2, 0.25) is 0 Å². The number of fused-ring (bicyclic) bond motifs is 6. The highest BCUT2D eigenvalue weighted by Gasteiger charge is 2.70. The molecule has 0 aromatic heterocycles. The summed E-state index contributed by atoms with van der Waals surface area (Å²) in [7, 11) is -5.48. The standard InChI is InChI=1S/C26H44Si4/c1-27(2)23-17-19-13-9-11-15-21(19)25(23)30(7,8)28(3,4)24-18-20-14-10-12-16-22(20)26(24)29(27,5)6/h9-16,19-26H,17-18H2,1-8H3. The van der Waals surface area contributed by atoms with E-state index < -0.39 is 30.4 Å². The first kappa shape index (κ1) is 21.7. The van der Waals surface area contributed by atoms with Crippen molar-refractivity contribution in [1.29, 1.82) is 0 Å². The molecule has 5 aliphatic rings. The highest BCUT2D eigenvalue weighted by molar-refractivity contribution is 7.46. The molecule has 8 unspecified atom stereocenters. The van der Waals surface area contributed by atoms with E-state index in [1.165, 1.54) is 12.8 Å². The van der Waals surface area contributed by atoms with Crippen LogP contribution in [0.1, 0.15) is 12.8 Å². The summed E-state index contributed by atoms with van der Waals surface area (Å²) >= 11 is 0. The van der Waals surface area contributed by atoms with E-state index in [2.05, 4.69) is 101 Å². The second kappa shape index (κ2) is 6.68. The van der Waals surface area contributed by atoms with Gasteiger partial charge in [0.25, 0.3) is 0 Å². The predicted molar refractivity (Wildman–Crippen MR) is 145 cm³/mol. The first-order valence-corrected chi connectivity index (χ1v) is 26.9.